The number of hydrogen-bond donors (Lipinski definition) is 1. The van der Waals surface area contributed by atoms with E-state index in [2.05, 4.69) is 41.5 Å². The minimum atomic E-state index is -0.474. The number of hydrogen-bond acceptors (Lipinski definition) is 1. The SMILES string of the molecule is CCC(C)C(O)(C(C)CC)C(C)CC. The van der Waals surface area contributed by atoms with Gasteiger partial charge < -0.3 is 5.11 Å². The van der Waals surface area contributed by atoms with E-state index >= 15 is 0 Å². The molecule has 0 fully saturated rings. The van der Waals surface area contributed by atoms with E-state index in [1.54, 1.807) is 0 Å². The highest BCUT2D eigenvalue weighted by Crippen LogP contribution is 2.38. The van der Waals surface area contributed by atoms with Crippen molar-refractivity contribution in [3.63, 3.8) is 0 Å². The minimum Gasteiger partial charge on any atom is -0.389 e. The van der Waals surface area contributed by atoms with Crippen molar-refractivity contribution in [3.8, 4) is 0 Å². The fourth-order valence-corrected chi connectivity index (χ4v) is 2.44. The first-order valence-corrected chi connectivity index (χ1v) is 6.17. The van der Waals surface area contributed by atoms with Crippen molar-refractivity contribution in [1.82, 2.24) is 0 Å². The van der Waals surface area contributed by atoms with E-state index in [9.17, 15) is 5.11 Å². The largest absolute Gasteiger partial charge is 0.389 e. The van der Waals surface area contributed by atoms with Crippen LogP contribution in [0.5, 0.6) is 0 Å². The van der Waals surface area contributed by atoms with Crippen LogP contribution in [0.15, 0.2) is 0 Å². The molecule has 0 aromatic carbocycles. The van der Waals surface area contributed by atoms with Crippen LogP contribution in [0.2, 0.25) is 0 Å². The van der Waals surface area contributed by atoms with Gasteiger partial charge in [0.1, 0.15) is 0 Å². The molecule has 86 valence electrons. The van der Waals surface area contributed by atoms with Gasteiger partial charge in [-0.25, -0.2) is 0 Å². The van der Waals surface area contributed by atoms with Crippen LogP contribution in [0.3, 0.4) is 0 Å². The van der Waals surface area contributed by atoms with Crippen LogP contribution in [0.25, 0.3) is 0 Å². The fourth-order valence-electron chi connectivity index (χ4n) is 2.44. The topological polar surface area (TPSA) is 20.2 Å². The average molecular weight is 200 g/mol. The highest BCUT2D eigenvalue weighted by molar-refractivity contribution is 4.91. The maximum Gasteiger partial charge on any atom is 0.0723 e. The fraction of sp³-hybridized carbons (Fsp3) is 1.00. The molecule has 0 radical (unpaired) electrons. The Balaban J connectivity index is 4.83. The van der Waals surface area contributed by atoms with Crippen molar-refractivity contribution in [3.05, 3.63) is 0 Å². The molecule has 0 aliphatic rings. The molecule has 0 aliphatic heterocycles. The minimum absolute atomic E-state index is 0.396. The summed E-state index contributed by atoms with van der Waals surface area (Å²) in [7, 11) is 0. The molecule has 3 atom stereocenters. The van der Waals surface area contributed by atoms with E-state index in [0.29, 0.717) is 17.8 Å². The Bertz CT molecular complexity index is 127. The Kier molecular flexibility index (Phi) is 5.73. The third kappa shape index (κ3) is 2.50. The molecule has 0 saturated heterocycles. The summed E-state index contributed by atoms with van der Waals surface area (Å²) in [5, 5.41) is 10.8. The summed E-state index contributed by atoms with van der Waals surface area (Å²) in [4.78, 5) is 0. The van der Waals surface area contributed by atoms with E-state index in [-0.39, 0.29) is 0 Å². The third-order valence-corrected chi connectivity index (χ3v) is 4.21. The van der Waals surface area contributed by atoms with Crippen LogP contribution >= 0.6 is 0 Å². The van der Waals surface area contributed by atoms with Crippen molar-refractivity contribution >= 4 is 0 Å². The van der Waals surface area contributed by atoms with Gasteiger partial charge in [-0.15, -0.1) is 0 Å². The zero-order valence-electron chi connectivity index (χ0n) is 10.8. The lowest BCUT2D eigenvalue weighted by molar-refractivity contribution is -0.104. The maximum absolute atomic E-state index is 10.8. The molecule has 0 heterocycles. The normalized spacial score (nSPS) is 22.5. The van der Waals surface area contributed by atoms with Gasteiger partial charge in [-0.05, 0) is 17.8 Å². The number of aliphatic hydroxyl groups is 1. The summed E-state index contributed by atoms with van der Waals surface area (Å²) in [6.45, 7) is 13.0. The van der Waals surface area contributed by atoms with Gasteiger partial charge in [0.05, 0.1) is 5.60 Å². The highest BCUT2D eigenvalue weighted by atomic mass is 16.3. The Hall–Kier alpha value is -0.0400. The molecule has 1 heteroatoms. The van der Waals surface area contributed by atoms with Crippen molar-refractivity contribution in [2.45, 2.75) is 66.4 Å². The third-order valence-electron chi connectivity index (χ3n) is 4.21. The first kappa shape index (κ1) is 14.0. The molecule has 0 spiro atoms. The Labute approximate surface area is 89.9 Å². The van der Waals surface area contributed by atoms with Crippen LogP contribution in [0.1, 0.15) is 60.8 Å². The van der Waals surface area contributed by atoms with E-state index in [0.717, 1.165) is 19.3 Å². The van der Waals surface area contributed by atoms with Crippen LogP contribution < -0.4 is 0 Å². The number of rotatable bonds is 6. The molecule has 14 heavy (non-hydrogen) atoms. The van der Waals surface area contributed by atoms with Crippen LogP contribution in [0, 0.1) is 17.8 Å². The predicted octanol–water partition coefficient (Wildman–Crippen LogP) is 3.86. The standard InChI is InChI=1S/C13H28O/c1-7-10(4)13(14,11(5)8-2)12(6)9-3/h10-12,14H,7-9H2,1-6H3. The second-order valence-electron chi connectivity index (χ2n) is 4.82. The molecule has 0 aliphatic carbocycles. The summed E-state index contributed by atoms with van der Waals surface area (Å²) < 4.78 is 0. The lowest BCUT2D eigenvalue weighted by Crippen LogP contribution is -2.48. The summed E-state index contributed by atoms with van der Waals surface area (Å²) in [6.07, 6.45) is 3.18. The summed E-state index contributed by atoms with van der Waals surface area (Å²) in [6, 6.07) is 0. The van der Waals surface area contributed by atoms with Crippen molar-refractivity contribution in [2.24, 2.45) is 17.8 Å². The van der Waals surface area contributed by atoms with Gasteiger partial charge in [-0.1, -0.05) is 60.8 Å². The van der Waals surface area contributed by atoms with E-state index in [1.165, 1.54) is 0 Å². The summed E-state index contributed by atoms with van der Waals surface area (Å²) >= 11 is 0. The monoisotopic (exact) mass is 200 g/mol. The molecule has 3 unspecified atom stereocenters. The van der Waals surface area contributed by atoms with Gasteiger partial charge >= 0.3 is 0 Å². The van der Waals surface area contributed by atoms with Gasteiger partial charge in [-0.2, -0.15) is 0 Å². The zero-order valence-corrected chi connectivity index (χ0v) is 10.8. The lowest BCUT2D eigenvalue weighted by Gasteiger charge is -2.43. The lowest BCUT2D eigenvalue weighted by atomic mass is 9.68. The summed E-state index contributed by atoms with van der Waals surface area (Å²) in [5.74, 6) is 1.19. The van der Waals surface area contributed by atoms with Crippen LogP contribution in [-0.2, 0) is 0 Å². The molecule has 0 saturated carbocycles. The first-order chi connectivity index (χ1) is 6.44. The molecular formula is C13H28O. The van der Waals surface area contributed by atoms with Crippen LogP contribution in [0.4, 0.5) is 0 Å². The summed E-state index contributed by atoms with van der Waals surface area (Å²) in [5.41, 5.74) is -0.474. The van der Waals surface area contributed by atoms with Gasteiger partial charge in [0.2, 0.25) is 0 Å². The van der Waals surface area contributed by atoms with Gasteiger partial charge in [0.15, 0.2) is 0 Å². The average Bonchev–Trinajstić information content (AvgIpc) is 2.24. The van der Waals surface area contributed by atoms with Crippen LogP contribution in [-0.4, -0.2) is 10.7 Å². The smallest absolute Gasteiger partial charge is 0.0723 e. The quantitative estimate of drug-likeness (QED) is 0.690. The molecule has 0 aromatic heterocycles. The molecule has 1 nitrogen and oxygen atoms in total. The maximum atomic E-state index is 10.8. The van der Waals surface area contributed by atoms with E-state index < -0.39 is 5.60 Å². The van der Waals surface area contributed by atoms with E-state index in [4.69, 9.17) is 0 Å². The highest BCUT2D eigenvalue weighted by Gasteiger charge is 2.41. The Morgan fingerprint density at radius 3 is 1.14 bits per heavy atom. The second kappa shape index (κ2) is 5.75. The first-order valence-electron chi connectivity index (χ1n) is 6.17. The molecule has 0 rings (SSSR count). The molecule has 1 N–H and O–H groups in total. The predicted molar refractivity (Wildman–Crippen MR) is 63.3 cm³/mol. The molecule has 0 bridgehead atoms. The van der Waals surface area contributed by atoms with Gasteiger partial charge in [-0.3, -0.25) is 0 Å². The zero-order chi connectivity index (χ0) is 11.4. The molecule has 0 amide bonds. The van der Waals surface area contributed by atoms with Gasteiger partial charge in [0.25, 0.3) is 0 Å². The van der Waals surface area contributed by atoms with Crippen molar-refractivity contribution in [1.29, 1.82) is 0 Å². The Morgan fingerprint density at radius 2 is 1.00 bits per heavy atom. The van der Waals surface area contributed by atoms with E-state index in [1.807, 2.05) is 0 Å². The Morgan fingerprint density at radius 1 is 0.786 bits per heavy atom. The van der Waals surface area contributed by atoms with Crippen molar-refractivity contribution < 1.29 is 5.11 Å². The molecular weight excluding hydrogens is 172 g/mol. The van der Waals surface area contributed by atoms with Crippen molar-refractivity contribution in [2.75, 3.05) is 0 Å². The molecule has 0 aromatic rings. The second-order valence-corrected chi connectivity index (χ2v) is 4.82. The van der Waals surface area contributed by atoms with Gasteiger partial charge in [0, 0.05) is 0 Å².